The van der Waals surface area contributed by atoms with Crippen molar-refractivity contribution in [2.75, 3.05) is 18.0 Å². The van der Waals surface area contributed by atoms with E-state index < -0.39 is 11.9 Å². The van der Waals surface area contributed by atoms with Gasteiger partial charge in [-0.2, -0.15) is 0 Å². The number of hydrogen-bond donors (Lipinski definition) is 1. The lowest BCUT2D eigenvalue weighted by Crippen LogP contribution is -2.42. The Hall–Kier alpha value is -3.22. The van der Waals surface area contributed by atoms with Gasteiger partial charge >= 0.3 is 5.97 Å². The molecule has 4 rings (SSSR count). The zero-order valence-electron chi connectivity index (χ0n) is 15.7. The standard InChI is InChI=1S/C21H22N4O3/c1-14-6-8-15(9-7-14)12-25-18-17(5-2-10-22-18)23-19(20(25)26)24-11-3-4-16(13-24)21(27)28/h2,5-10,16H,3-4,11-13H2,1H3,(H,27,28)/t16-/m0/s1. The molecule has 1 fully saturated rings. The summed E-state index contributed by atoms with van der Waals surface area (Å²) in [6, 6.07) is 11.6. The van der Waals surface area contributed by atoms with Gasteiger partial charge in [0.2, 0.25) is 0 Å². The zero-order chi connectivity index (χ0) is 19.7. The van der Waals surface area contributed by atoms with Gasteiger partial charge in [-0.1, -0.05) is 29.8 Å². The monoisotopic (exact) mass is 378 g/mol. The fourth-order valence-electron chi connectivity index (χ4n) is 3.66. The third kappa shape index (κ3) is 3.47. The van der Waals surface area contributed by atoms with E-state index >= 15 is 0 Å². The summed E-state index contributed by atoms with van der Waals surface area (Å²) < 4.78 is 1.63. The maximum atomic E-state index is 13.3. The number of carboxylic acid groups (broad SMARTS) is 1. The smallest absolute Gasteiger partial charge is 0.308 e. The Balaban J connectivity index is 1.80. The topological polar surface area (TPSA) is 88.3 Å². The summed E-state index contributed by atoms with van der Waals surface area (Å²) in [6.07, 6.45) is 3.00. The molecule has 1 N–H and O–H groups in total. The molecule has 0 amide bonds. The van der Waals surface area contributed by atoms with Crippen molar-refractivity contribution in [1.29, 1.82) is 0 Å². The molecule has 1 aromatic carbocycles. The predicted octanol–water partition coefficient (Wildman–Crippen LogP) is 2.45. The quantitative estimate of drug-likeness (QED) is 0.750. The fourth-order valence-corrected chi connectivity index (χ4v) is 3.66. The van der Waals surface area contributed by atoms with Gasteiger partial charge in [0.05, 0.1) is 12.5 Å². The molecule has 0 bridgehead atoms. The number of rotatable bonds is 4. The van der Waals surface area contributed by atoms with Gasteiger partial charge in [-0.3, -0.25) is 14.2 Å². The molecule has 1 saturated heterocycles. The van der Waals surface area contributed by atoms with Crippen molar-refractivity contribution >= 4 is 23.0 Å². The molecule has 1 aliphatic rings. The van der Waals surface area contributed by atoms with Gasteiger partial charge in [-0.25, -0.2) is 9.97 Å². The van der Waals surface area contributed by atoms with E-state index in [0.717, 1.165) is 17.5 Å². The van der Waals surface area contributed by atoms with Crippen molar-refractivity contribution < 1.29 is 9.90 Å². The zero-order valence-corrected chi connectivity index (χ0v) is 15.7. The molecule has 144 valence electrons. The van der Waals surface area contributed by atoms with E-state index in [1.807, 2.05) is 42.2 Å². The first-order valence-electron chi connectivity index (χ1n) is 9.42. The molecule has 0 spiro atoms. The highest BCUT2D eigenvalue weighted by molar-refractivity contribution is 5.73. The highest BCUT2D eigenvalue weighted by Crippen LogP contribution is 2.21. The second-order valence-corrected chi connectivity index (χ2v) is 7.28. The summed E-state index contributed by atoms with van der Waals surface area (Å²) in [5.74, 6) is -1.00. The van der Waals surface area contributed by atoms with Crippen LogP contribution in [-0.4, -0.2) is 38.7 Å². The summed E-state index contributed by atoms with van der Waals surface area (Å²) in [5.41, 5.74) is 3.07. The molecule has 28 heavy (non-hydrogen) atoms. The van der Waals surface area contributed by atoms with Crippen molar-refractivity contribution in [2.24, 2.45) is 5.92 Å². The summed E-state index contributed by atoms with van der Waals surface area (Å²) in [6.45, 7) is 3.33. The van der Waals surface area contributed by atoms with Crippen molar-refractivity contribution in [3.05, 3.63) is 64.1 Å². The van der Waals surface area contributed by atoms with Crippen LogP contribution in [0.3, 0.4) is 0 Å². The first-order chi connectivity index (χ1) is 13.5. The van der Waals surface area contributed by atoms with Crippen molar-refractivity contribution in [1.82, 2.24) is 14.5 Å². The average Bonchev–Trinajstić information content (AvgIpc) is 2.71. The Labute approximate surface area is 162 Å². The first kappa shape index (κ1) is 18.2. The highest BCUT2D eigenvalue weighted by Gasteiger charge is 2.28. The van der Waals surface area contributed by atoms with E-state index in [1.165, 1.54) is 0 Å². The number of pyridine rings is 1. The molecule has 0 unspecified atom stereocenters. The van der Waals surface area contributed by atoms with E-state index in [0.29, 0.717) is 43.0 Å². The van der Waals surface area contributed by atoms with Crippen LogP contribution in [0.2, 0.25) is 0 Å². The summed E-state index contributed by atoms with van der Waals surface area (Å²) >= 11 is 0. The van der Waals surface area contributed by atoms with Crippen LogP contribution in [-0.2, 0) is 11.3 Å². The fraction of sp³-hybridized carbons (Fsp3) is 0.333. The summed E-state index contributed by atoms with van der Waals surface area (Å²) in [4.78, 5) is 35.5. The molecule has 0 saturated carbocycles. The largest absolute Gasteiger partial charge is 0.481 e. The average molecular weight is 378 g/mol. The molecular formula is C21H22N4O3. The predicted molar refractivity (Wildman–Crippen MR) is 107 cm³/mol. The van der Waals surface area contributed by atoms with Gasteiger partial charge in [0.25, 0.3) is 5.56 Å². The summed E-state index contributed by atoms with van der Waals surface area (Å²) in [5, 5.41) is 9.38. The van der Waals surface area contributed by atoms with E-state index in [9.17, 15) is 14.7 Å². The van der Waals surface area contributed by atoms with Crippen LogP contribution in [0.1, 0.15) is 24.0 Å². The maximum Gasteiger partial charge on any atom is 0.308 e. The Morgan fingerprint density at radius 1 is 1.25 bits per heavy atom. The Morgan fingerprint density at radius 2 is 2.04 bits per heavy atom. The van der Waals surface area contributed by atoms with Gasteiger partial charge in [0.1, 0.15) is 5.52 Å². The number of fused-ring (bicyclic) bond motifs is 1. The SMILES string of the molecule is Cc1ccc(Cn2c(=O)c(N3CCC[C@H](C(=O)O)C3)nc3cccnc32)cc1. The third-order valence-corrected chi connectivity index (χ3v) is 5.22. The molecule has 3 aromatic rings. The number of nitrogens with zero attached hydrogens (tertiary/aromatic N) is 4. The highest BCUT2D eigenvalue weighted by atomic mass is 16.4. The molecule has 2 aromatic heterocycles. The number of hydrogen-bond acceptors (Lipinski definition) is 5. The van der Waals surface area contributed by atoms with Crippen LogP contribution in [0.4, 0.5) is 5.82 Å². The van der Waals surface area contributed by atoms with Gasteiger partial charge in [-0.05, 0) is 37.5 Å². The van der Waals surface area contributed by atoms with Crippen molar-refractivity contribution in [2.45, 2.75) is 26.3 Å². The number of benzene rings is 1. The van der Waals surface area contributed by atoms with Gasteiger partial charge in [-0.15, -0.1) is 0 Å². The van der Waals surface area contributed by atoms with E-state index in [4.69, 9.17) is 0 Å². The van der Waals surface area contributed by atoms with Crippen LogP contribution in [0, 0.1) is 12.8 Å². The minimum atomic E-state index is -0.827. The van der Waals surface area contributed by atoms with Crippen molar-refractivity contribution in [3.8, 4) is 0 Å². The third-order valence-electron chi connectivity index (χ3n) is 5.22. The van der Waals surface area contributed by atoms with Crippen molar-refractivity contribution in [3.63, 3.8) is 0 Å². The molecule has 3 heterocycles. The number of carbonyl (C=O) groups is 1. The van der Waals surface area contributed by atoms with Gasteiger partial charge < -0.3 is 10.0 Å². The number of aryl methyl sites for hydroxylation is 1. The van der Waals surface area contributed by atoms with Crippen LogP contribution < -0.4 is 10.5 Å². The number of aliphatic carboxylic acids is 1. The Bertz CT molecular complexity index is 1080. The second-order valence-electron chi connectivity index (χ2n) is 7.28. The van der Waals surface area contributed by atoms with Crippen LogP contribution >= 0.6 is 0 Å². The number of anilines is 1. The van der Waals surface area contributed by atoms with Gasteiger partial charge in [0, 0.05) is 19.3 Å². The first-order valence-corrected chi connectivity index (χ1v) is 9.42. The normalized spacial score (nSPS) is 17.0. The Kier molecular flexibility index (Phi) is 4.81. The Morgan fingerprint density at radius 3 is 2.79 bits per heavy atom. The van der Waals surface area contributed by atoms with E-state index in [2.05, 4.69) is 9.97 Å². The van der Waals surface area contributed by atoms with E-state index in [-0.39, 0.29) is 5.56 Å². The molecule has 7 heteroatoms. The number of aromatic nitrogens is 3. The summed E-state index contributed by atoms with van der Waals surface area (Å²) in [7, 11) is 0. The number of carboxylic acids is 1. The molecule has 7 nitrogen and oxygen atoms in total. The lowest BCUT2D eigenvalue weighted by molar-refractivity contribution is -0.141. The second kappa shape index (κ2) is 7.42. The van der Waals surface area contributed by atoms with Gasteiger partial charge in [0.15, 0.2) is 11.5 Å². The number of piperidine rings is 1. The minimum Gasteiger partial charge on any atom is -0.481 e. The lowest BCUT2D eigenvalue weighted by atomic mass is 9.98. The molecule has 0 aliphatic carbocycles. The van der Waals surface area contributed by atoms with Crippen LogP contribution in [0.5, 0.6) is 0 Å². The molecule has 0 radical (unpaired) electrons. The van der Waals surface area contributed by atoms with E-state index in [1.54, 1.807) is 16.8 Å². The maximum absolute atomic E-state index is 13.3. The molecule has 1 aliphatic heterocycles. The van der Waals surface area contributed by atoms with Crippen LogP contribution in [0.15, 0.2) is 47.4 Å². The minimum absolute atomic E-state index is 0.238. The van der Waals surface area contributed by atoms with Crippen LogP contribution in [0.25, 0.3) is 11.2 Å². The molecular weight excluding hydrogens is 356 g/mol. The lowest BCUT2D eigenvalue weighted by Gasteiger charge is -2.31. The molecule has 1 atom stereocenters.